The van der Waals surface area contributed by atoms with Gasteiger partial charge in [-0.3, -0.25) is 0 Å². The van der Waals surface area contributed by atoms with Crippen molar-refractivity contribution in [1.82, 2.24) is 0 Å². The van der Waals surface area contributed by atoms with Gasteiger partial charge in [0, 0.05) is 24.2 Å². The maximum Gasteiger partial charge on any atom is 0.0366 e. The van der Waals surface area contributed by atoms with Crippen molar-refractivity contribution in [2.75, 3.05) is 24.5 Å². The smallest absolute Gasteiger partial charge is 0.0366 e. The highest BCUT2D eigenvalue weighted by atomic mass is 15.2. The molecule has 1 fully saturated rings. The van der Waals surface area contributed by atoms with Gasteiger partial charge in [-0.25, -0.2) is 0 Å². The Morgan fingerprint density at radius 3 is 2.11 bits per heavy atom. The van der Waals surface area contributed by atoms with E-state index in [1.807, 2.05) is 0 Å². The predicted molar refractivity (Wildman–Crippen MR) is 83.7 cm³/mol. The summed E-state index contributed by atoms with van der Waals surface area (Å²) in [4.78, 5) is 2.53. The van der Waals surface area contributed by atoms with E-state index >= 15 is 0 Å². The van der Waals surface area contributed by atoms with Gasteiger partial charge in [0.15, 0.2) is 0 Å². The third-order valence-electron chi connectivity index (χ3n) is 4.35. The van der Waals surface area contributed by atoms with E-state index in [9.17, 15) is 0 Å². The first-order valence-corrected chi connectivity index (χ1v) is 7.77. The van der Waals surface area contributed by atoms with Crippen LogP contribution in [0.5, 0.6) is 0 Å². The Labute approximate surface area is 118 Å². The second kappa shape index (κ2) is 6.42. The summed E-state index contributed by atoms with van der Waals surface area (Å²) in [6.07, 6.45) is 6.35. The number of nitrogens with zero attached hydrogens (tertiary/aromatic N) is 1. The highest BCUT2D eigenvalue weighted by Gasteiger charge is 2.41. The van der Waals surface area contributed by atoms with Crippen LogP contribution in [0.15, 0.2) is 24.3 Å². The molecule has 106 valence electrons. The van der Waals surface area contributed by atoms with Crippen LogP contribution in [-0.4, -0.2) is 19.6 Å². The van der Waals surface area contributed by atoms with E-state index in [0.717, 1.165) is 13.0 Å². The molecule has 0 spiro atoms. The fraction of sp³-hybridized carbons (Fsp3) is 0.647. The number of hydrogen-bond acceptors (Lipinski definition) is 2. The molecule has 1 saturated heterocycles. The molecule has 0 bridgehead atoms. The maximum absolute atomic E-state index is 5.59. The highest BCUT2D eigenvalue weighted by Crippen LogP contribution is 2.41. The number of nitrogens with two attached hydrogens (primary N) is 1. The molecule has 1 aliphatic heterocycles. The molecule has 1 aromatic rings. The van der Waals surface area contributed by atoms with E-state index in [2.05, 4.69) is 43.0 Å². The predicted octanol–water partition coefficient (Wildman–Crippen LogP) is 3.59. The van der Waals surface area contributed by atoms with Crippen molar-refractivity contribution in [3.8, 4) is 0 Å². The van der Waals surface area contributed by atoms with Crippen LogP contribution in [-0.2, 0) is 6.42 Å². The molecule has 2 rings (SSSR count). The molecule has 0 amide bonds. The van der Waals surface area contributed by atoms with Crippen LogP contribution >= 0.6 is 0 Å². The molecule has 2 heteroatoms. The average molecular weight is 260 g/mol. The number of benzene rings is 1. The Kier molecular flexibility index (Phi) is 4.87. The second-order valence-electron chi connectivity index (χ2n) is 6.06. The van der Waals surface area contributed by atoms with Crippen LogP contribution in [0.1, 0.15) is 45.1 Å². The van der Waals surface area contributed by atoms with E-state index in [-0.39, 0.29) is 0 Å². The van der Waals surface area contributed by atoms with Gasteiger partial charge < -0.3 is 10.6 Å². The lowest BCUT2D eigenvalue weighted by molar-refractivity contribution is 0.173. The summed E-state index contributed by atoms with van der Waals surface area (Å²) in [5, 5.41) is 0. The molecule has 0 atom stereocenters. The molecule has 0 unspecified atom stereocenters. The average Bonchev–Trinajstić information content (AvgIpc) is 2.37. The van der Waals surface area contributed by atoms with Gasteiger partial charge in [-0.2, -0.15) is 0 Å². The van der Waals surface area contributed by atoms with Gasteiger partial charge in [0.25, 0.3) is 0 Å². The minimum absolute atomic E-state index is 0.597. The van der Waals surface area contributed by atoms with Crippen LogP contribution in [0.4, 0.5) is 5.69 Å². The Morgan fingerprint density at radius 2 is 1.63 bits per heavy atom. The summed E-state index contributed by atoms with van der Waals surface area (Å²) in [6, 6.07) is 8.96. The fourth-order valence-electron chi connectivity index (χ4n) is 3.49. The summed E-state index contributed by atoms with van der Waals surface area (Å²) in [6.45, 7) is 7.83. The molecule has 1 heterocycles. The van der Waals surface area contributed by atoms with Crippen LogP contribution in [0.2, 0.25) is 0 Å². The number of anilines is 1. The maximum atomic E-state index is 5.59. The fourth-order valence-corrected chi connectivity index (χ4v) is 3.49. The normalized spacial score (nSPS) is 17.3. The molecule has 0 saturated carbocycles. The van der Waals surface area contributed by atoms with Gasteiger partial charge in [-0.15, -0.1) is 0 Å². The molecule has 19 heavy (non-hydrogen) atoms. The Balaban J connectivity index is 1.94. The standard InChI is InChI=1S/C17H28N2/c1-3-10-17(11-4-2)13-19(14-17)16-7-5-15(6-8-16)9-12-18/h5-8H,3-4,9-14,18H2,1-2H3. The Hall–Kier alpha value is -1.02. The van der Waals surface area contributed by atoms with Crippen molar-refractivity contribution in [3.63, 3.8) is 0 Å². The monoisotopic (exact) mass is 260 g/mol. The third kappa shape index (κ3) is 3.30. The first-order valence-electron chi connectivity index (χ1n) is 7.77. The van der Waals surface area contributed by atoms with E-state index in [4.69, 9.17) is 5.73 Å². The lowest BCUT2D eigenvalue weighted by Crippen LogP contribution is -2.56. The molecular weight excluding hydrogens is 232 g/mol. The first kappa shape index (κ1) is 14.4. The SMILES string of the molecule is CCCC1(CCC)CN(c2ccc(CCN)cc2)C1. The lowest BCUT2D eigenvalue weighted by Gasteiger charge is -2.52. The van der Waals surface area contributed by atoms with E-state index in [0.29, 0.717) is 5.41 Å². The van der Waals surface area contributed by atoms with Gasteiger partial charge in [-0.1, -0.05) is 38.8 Å². The number of hydrogen-bond donors (Lipinski definition) is 1. The third-order valence-corrected chi connectivity index (χ3v) is 4.35. The zero-order chi connectivity index (χ0) is 13.7. The summed E-state index contributed by atoms with van der Waals surface area (Å²) in [7, 11) is 0. The topological polar surface area (TPSA) is 29.3 Å². The quantitative estimate of drug-likeness (QED) is 0.811. The largest absolute Gasteiger partial charge is 0.370 e. The van der Waals surface area contributed by atoms with Crippen LogP contribution < -0.4 is 10.6 Å². The molecular formula is C17H28N2. The lowest BCUT2D eigenvalue weighted by atomic mass is 9.72. The Bertz CT molecular complexity index is 369. The van der Waals surface area contributed by atoms with Crippen molar-refractivity contribution in [1.29, 1.82) is 0 Å². The molecule has 2 nitrogen and oxygen atoms in total. The summed E-state index contributed by atoms with van der Waals surface area (Å²) in [5.41, 5.74) is 8.91. The zero-order valence-corrected chi connectivity index (χ0v) is 12.5. The molecule has 0 aromatic heterocycles. The molecule has 1 aromatic carbocycles. The van der Waals surface area contributed by atoms with Crippen LogP contribution in [0, 0.1) is 5.41 Å². The minimum atomic E-state index is 0.597. The van der Waals surface area contributed by atoms with E-state index in [1.165, 1.54) is 50.0 Å². The van der Waals surface area contributed by atoms with Crippen molar-refractivity contribution in [2.45, 2.75) is 46.0 Å². The van der Waals surface area contributed by atoms with Crippen LogP contribution in [0.3, 0.4) is 0 Å². The molecule has 0 aliphatic carbocycles. The van der Waals surface area contributed by atoms with E-state index < -0.39 is 0 Å². The van der Waals surface area contributed by atoms with Crippen molar-refractivity contribution in [3.05, 3.63) is 29.8 Å². The summed E-state index contributed by atoms with van der Waals surface area (Å²) < 4.78 is 0. The van der Waals surface area contributed by atoms with Gasteiger partial charge in [-0.05, 0) is 43.5 Å². The van der Waals surface area contributed by atoms with Crippen molar-refractivity contribution < 1.29 is 0 Å². The van der Waals surface area contributed by atoms with Gasteiger partial charge >= 0.3 is 0 Å². The first-order chi connectivity index (χ1) is 9.23. The molecule has 1 aliphatic rings. The second-order valence-corrected chi connectivity index (χ2v) is 6.06. The summed E-state index contributed by atoms with van der Waals surface area (Å²) in [5.74, 6) is 0. The van der Waals surface area contributed by atoms with E-state index in [1.54, 1.807) is 0 Å². The molecule has 2 N–H and O–H groups in total. The van der Waals surface area contributed by atoms with Gasteiger partial charge in [0.2, 0.25) is 0 Å². The molecule has 0 radical (unpaired) electrons. The minimum Gasteiger partial charge on any atom is -0.370 e. The summed E-state index contributed by atoms with van der Waals surface area (Å²) >= 11 is 0. The van der Waals surface area contributed by atoms with Crippen LogP contribution in [0.25, 0.3) is 0 Å². The Morgan fingerprint density at radius 1 is 1.05 bits per heavy atom. The number of rotatable bonds is 7. The van der Waals surface area contributed by atoms with Crippen molar-refractivity contribution >= 4 is 5.69 Å². The zero-order valence-electron chi connectivity index (χ0n) is 12.5. The van der Waals surface area contributed by atoms with Crippen molar-refractivity contribution in [2.24, 2.45) is 11.1 Å². The van der Waals surface area contributed by atoms with Gasteiger partial charge in [0.05, 0.1) is 0 Å². The highest BCUT2D eigenvalue weighted by molar-refractivity contribution is 5.51. The van der Waals surface area contributed by atoms with Gasteiger partial charge in [0.1, 0.15) is 0 Å².